The second-order valence-electron chi connectivity index (χ2n) is 7.94. The van der Waals surface area contributed by atoms with Gasteiger partial charge in [0.2, 0.25) is 0 Å². The second kappa shape index (κ2) is 8.71. The zero-order valence-corrected chi connectivity index (χ0v) is 18.0. The summed E-state index contributed by atoms with van der Waals surface area (Å²) in [6.45, 7) is 0. The summed E-state index contributed by atoms with van der Waals surface area (Å²) in [7, 11) is 0. The Labute approximate surface area is 195 Å². The highest BCUT2D eigenvalue weighted by Crippen LogP contribution is 2.45. The third-order valence-corrected chi connectivity index (χ3v) is 5.84. The number of ketones is 1. The van der Waals surface area contributed by atoms with E-state index in [0.717, 1.165) is 21.7 Å². The lowest BCUT2D eigenvalue weighted by Crippen LogP contribution is -2.15. The van der Waals surface area contributed by atoms with E-state index in [2.05, 4.69) is 0 Å². The number of hydrogen-bond acceptors (Lipinski definition) is 4. The number of rotatable bonds is 6. The van der Waals surface area contributed by atoms with Gasteiger partial charge in [0, 0.05) is 16.3 Å². The molecule has 2 N–H and O–H groups in total. The Morgan fingerprint density at radius 1 is 0.647 bits per heavy atom. The van der Waals surface area contributed by atoms with Crippen molar-refractivity contribution < 1.29 is 24.5 Å². The number of carboxylic acids is 1. The van der Waals surface area contributed by atoms with Gasteiger partial charge in [-0.25, -0.2) is 4.79 Å². The molecule has 0 saturated carbocycles. The van der Waals surface area contributed by atoms with Crippen molar-refractivity contribution in [1.29, 1.82) is 0 Å². The van der Waals surface area contributed by atoms with Crippen LogP contribution in [0, 0.1) is 0 Å². The Hall–Kier alpha value is -4.64. The van der Waals surface area contributed by atoms with E-state index in [9.17, 15) is 14.7 Å². The highest BCUT2D eigenvalue weighted by atomic mass is 16.5. The number of Topliss-reactive ketones (excluding diaryl/α,β-unsaturated/α-hetero) is 1. The van der Waals surface area contributed by atoms with Gasteiger partial charge in [0.15, 0.2) is 11.5 Å². The minimum absolute atomic E-state index is 0.0213. The lowest BCUT2D eigenvalue weighted by molar-refractivity contribution is -0.131. The van der Waals surface area contributed by atoms with Crippen molar-refractivity contribution in [3.05, 3.63) is 120 Å². The van der Waals surface area contributed by atoms with Crippen molar-refractivity contribution in [2.24, 2.45) is 0 Å². The average Bonchev–Trinajstić information content (AvgIpc) is 2.89. The van der Waals surface area contributed by atoms with Gasteiger partial charge >= 0.3 is 5.97 Å². The highest BCUT2D eigenvalue weighted by molar-refractivity contribution is 6.39. The first-order valence-corrected chi connectivity index (χ1v) is 10.8. The van der Waals surface area contributed by atoms with Crippen molar-refractivity contribution in [1.82, 2.24) is 0 Å². The van der Waals surface area contributed by atoms with Gasteiger partial charge in [-0.15, -0.1) is 0 Å². The number of carboxylic acid groups (broad SMARTS) is 1. The number of aliphatic carboxylic acids is 1. The Balaban J connectivity index is 1.71. The molecular formula is C29H20O5. The zero-order valence-electron chi connectivity index (χ0n) is 18.0. The molecule has 5 aromatic carbocycles. The van der Waals surface area contributed by atoms with Crippen LogP contribution in [0.2, 0.25) is 0 Å². The fourth-order valence-corrected chi connectivity index (χ4v) is 4.25. The van der Waals surface area contributed by atoms with Crippen LogP contribution in [0.15, 0.2) is 103 Å². The lowest BCUT2D eigenvalue weighted by Gasteiger charge is -2.23. The van der Waals surface area contributed by atoms with Gasteiger partial charge in [0.25, 0.3) is 5.78 Å². The number of phenols is 1. The summed E-state index contributed by atoms with van der Waals surface area (Å²) in [5.41, 5.74) is 1.44. The van der Waals surface area contributed by atoms with Crippen molar-refractivity contribution in [3.8, 4) is 11.5 Å². The Morgan fingerprint density at radius 3 is 1.88 bits per heavy atom. The van der Waals surface area contributed by atoms with Crippen molar-refractivity contribution in [3.63, 3.8) is 0 Å². The van der Waals surface area contributed by atoms with Crippen LogP contribution in [0.4, 0.5) is 0 Å². The molecule has 0 spiro atoms. The molecule has 0 heterocycles. The summed E-state index contributed by atoms with van der Waals surface area (Å²) in [6, 6.07) is 31.1. The Morgan fingerprint density at radius 2 is 1.21 bits per heavy atom. The maximum atomic E-state index is 12.1. The van der Waals surface area contributed by atoms with Crippen LogP contribution in [0.3, 0.4) is 0 Å². The van der Waals surface area contributed by atoms with E-state index in [-0.39, 0.29) is 11.3 Å². The Kier molecular flexibility index (Phi) is 5.44. The van der Waals surface area contributed by atoms with E-state index >= 15 is 0 Å². The first-order chi connectivity index (χ1) is 16.5. The molecule has 0 aromatic heterocycles. The summed E-state index contributed by atoms with van der Waals surface area (Å²) in [5.74, 6) is -2.17. The molecule has 1 atom stereocenters. The maximum Gasteiger partial charge on any atom is 0.377 e. The van der Waals surface area contributed by atoms with Gasteiger partial charge in [0.05, 0.1) is 0 Å². The summed E-state index contributed by atoms with van der Waals surface area (Å²) < 4.78 is 6.53. The molecule has 5 nitrogen and oxygen atoms in total. The molecule has 1 unspecified atom stereocenters. The fraction of sp³-hybridized carbons (Fsp3) is 0.0345. The van der Waals surface area contributed by atoms with Crippen LogP contribution in [0.25, 0.3) is 21.5 Å². The Bertz CT molecular complexity index is 1540. The van der Waals surface area contributed by atoms with E-state index in [0.29, 0.717) is 16.7 Å². The number of fused-ring (bicyclic) bond motifs is 3. The van der Waals surface area contributed by atoms with Gasteiger partial charge in [0.1, 0.15) is 6.10 Å². The minimum Gasteiger partial charge on any atom is -0.504 e. The van der Waals surface area contributed by atoms with Crippen LogP contribution < -0.4 is 4.74 Å². The molecule has 34 heavy (non-hydrogen) atoms. The molecule has 0 radical (unpaired) electrons. The third-order valence-electron chi connectivity index (χ3n) is 5.84. The minimum atomic E-state index is -1.52. The molecule has 5 rings (SSSR count). The van der Waals surface area contributed by atoms with Crippen molar-refractivity contribution in [2.45, 2.75) is 6.10 Å². The fourth-order valence-electron chi connectivity index (χ4n) is 4.25. The normalized spacial score (nSPS) is 11.9. The SMILES string of the molecule is O=C(O)C(=O)c1cccc(C(Oc2c(O)c3ccccc3c3ccccc23)c2ccccc2)c1. The van der Waals surface area contributed by atoms with E-state index in [1.165, 1.54) is 12.1 Å². The number of carbonyl (C=O) groups excluding carboxylic acids is 1. The molecule has 0 fully saturated rings. The largest absolute Gasteiger partial charge is 0.504 e. The maximum absolute atomic E-state index is 12.1. The summed E-state index contributed by atoms with van der Waals surface area (Å²) >= 11 is 0. The van der Waals surface area contributed by atoms with Crippen LogP contribution in [0.5, 0.6) is 11.5 Å². The number of hydrogen-bond donors (Lipinski definition) is 2. The molecule has 5 aromatic rings. The van der Waals surface area contributed by atoms with Gasteiger partial charge in [-0.3, -0.25) is 4.79 Å². The summed E-state index contributed by atoms with van der Waals surface area (Å²) in [6.07, 6.45) is -0.696. The smallest absolute Gasteiger partial charge is 0.377 e. The van der Waals surface area contributed by atoms with Gasteiger partial charge in [-0.1, -0.05) is 97.1 Å². The summed E-state index contributed by atoms with van der Waals surface area (Å²) in [4.78, 5) is 23.4. The molecule has 166 valence electrons. The first kappa shape index (κ1) is 21.2. The molecule has 5 heteroatoms. The zero-order chi connectivity index (χ0) is 23.7. The van der Waals surface area contributed by atoms with E-state index in [4.69, 9.17) is 9.84 Å². The average molecular weight is 448 g/mol. The predicted molar refractivity (Wildman–Crippen MR) is 130 cm³/mol. The monoisotopic (exact) mass is 448 g/mol. The van der Waals surface area contributed by atoms with Crippen molar-refractivity contribution >= 4 is 33.3 Å². The van der Waals surface area contributed by atoms with Crippen molar-refractivity contribution in [2.75, 3.05) is 0 Å². The second-order valence-corrected chi connectivity index (χ2v) is 7.94. The number of aromatic hydroxyl groups is 1. The van der Waals surface area contributed by atoms with E-state index in [1.54, 1.807) is 12.1 Å². The van der Waals surface area contributed by atoms with E-state index in [1.807, 2.05) is 78.9 Å². The third kappa shape index (κ3) is 3.73. The molecular weight excluding hydrogens is 428 g/mol. The van der Waals surface area contributed by atoms with Crippen LogP contribution in [-0.2, 0) is 4.79 Å². The predicted octanol–water partition coefficient (Wildman–Crippen LogP) is 6.13. The quantitative estimate of drug-likeness (QED) is 0.185. The lowest BCUT2D eigenvalue weighted by atomic mass is 9.97. The van der Waals surface area contributed by atoms with Crippen LogP contribution in [0.1, 0.15) is 27.6 Å². The topological polar surface area (TPSA) is 83.8 Å². The van der Waals surface area contributed by atoms with Gasteiger partial charge in [-0.05, 0) is 28.0 Å². The molecule has 0 amide bonds. The van der Waals surface area contributed by atoms with Crippen LogP contribution in [-0.4, -0.2) is 22.0 Å². The summed E-state index contributed by atoms with van der Waals surface area (Å²) in [5, 5.41) is 23.7. The van der Waals surface area contributed by atoms with Crippen LogP contribution >= 0.6 is 0 Å². The first-order valence-electron chi connectivity index (χ1n) is 10.8. The molecule has 0 aliphatic rings. The van der Waals surface area contributed by atoms with E-state index < -0.39 is 17.9 Å². The van der Waals surface area contributed by atoms with Gasteiger partial charge in [-0.2, -0.15) is 0 Å². The van der Waals surface area contributed by atoms with Gasteiger partial charge < -0.3 is 14.9 Å². The molecule has 0 aliphatic carbocycles. The highest BCUT2D eigenvalue weighted by Gasteiger charge is 2.23. The standard InChI is InChI=1S/C29H20O5/c30-25(29(32)33)19-11-8-12-20(17-19)27(18-9-2-1-3-10-18)34-28-24-16-7-5-14-22(24)21-13-4-6-15-23(21)26(28)31/h1-17,27,31H,(H,32,33). The molecule has 0 aliphatic heterocycles. The number of benzene rings is 5. The molecule has 0 bridgehead atoms. The molecule has 0 saturated heterocycles. The number of carbonyl (C=O) groups is 2. The number of phenolic OH excluding ortho intramolecular Hbond substituents is 1. The number of ether oxygens (including phenoxy) is 1.